The van der Waals surface area contributed by atoms with Gasteiger partial charge in [-0.05, 0) is 36.9 Å². The molecule has 0 radical (unpaired) electrons. The first-order valence-electron chi connectivity index (χ1n) is 7.03. The molecule has 0 bridgehead atoms. The van der Waals surface area contributed by atoms with Crippen molar-refractivity contribution in [3.8, 4) is 0 Å². The summed E-state index contributed by atoms with van der Waals surface area (Å²) in [6, 6.07) is 8.24. The summed E-state index contributed by atoms with van der Waals surface area (Å²) in [7, 11) is 0. The molecule has 2 N–H and O–H groups in total. The summed E-state index contributed by atoms with van der Waals surface area (Å²) in [6.45, 7) is 4.15. The van der Waals surface area contributed by atoms with E-state index in [1.54, 1.807) is 0 Å². The van der Waals surface area contributed by atoms with Crippen molar-refractivity contribution in [2.75, 3.05) is 19.8 Å². The number of carbonyl (C=O) groups is 1. The summed E-state index contributed by atoms with van der Waals surface area (Å²) in [4.78, 5) is 12.4. The summed E-state index contributed by atoms with van der Waals surface area (Å²) in [6.07, 6.45) is 3.11. The SMILES string of the molecule is CC1(C(=O)Cc2ccc(CCN)cc2)CCOCC1. The van der Waals surface area contributed by atoms with E-state index in [4.69, 9.17) is 10.5 Å². The molecule has 2 rings (SSSR count). The Labute approximate surface area is 115 Å². The van der Waals surface area contributed by atoms with Crippen molar-refractivity contribution in [3.05, 3.63) is 35.4 Å². The van der Waals surface area contributed by atoms with Gasteiger partial charge in [0.1, 0.15) is 5.78 Å². The lowest BCUT2D eigenvalue weighted by molar-refractivity contribution is -0.132. The van der Waals surface area contributed by atoms with Crippen molar-refractivity contribution in [1.29, 1.82) is 0 Å². The van der Waals surface area contributed by atoms with Gasteiger partial charge >= 0.3 is 0 Å². The van der Waals surface area contributed by atoms with Crippen LogP contribution in [0.25, 0.3) is 0 Å². The second kappa shape index (κ2) is 6.31. The van der Waals surface area contributed by atoms with Gasteiger partial charge in [-0.15, -0.1) is 0 Å². The molecule has 104 valence electrons. The quantitative estimate of drug-likeness (QED) is 0.883. The Morgan fingerprint density at radius 3 is 2.37 bits per heavy atom. The highest BCUT2D eigenvalue weighted by molar-refractivity contribution is 5.86. The third-order valence-corrected chi connectivity index (χ3v) is 4.09. The number of carbonyl (C=O) groups excluding carboxylic acids is 1. The number of ether oxygens (including phenoxy) is 1. The van der Waals surface area contributed by atoms with Gasteiger partial charge in [0, 0.05) is 25.0 Å². The zero-order chi connectivity index (χ0) is 13.7. The van der Waals surface area contributed by atoms with Crippen LogP contribution in [0.5, 0.6) is 0 Å². The Balaban J connectivity index is 1.98. The summed E-state index contributed by atoms with van der Waals surface area (Å²) in [5.74, 6) is 0.336. The molecule has 1 aliphatic rings. The van der Waals surface area contributed by atoms with Crippen LogP contribution in [-0.2, 0) is 22.4 Å². The van der Waals surface area contributed by atoms with Gasteiger partial charge in [-0.25, -0.2) is 0 Å². The molecule has 1 aliphatic heterocycles. The molecule has 3 heteroatoms. The van der Waals surface area contributed by atoms with Crippen molar-refractivity contribution in [2.24, 2.45) is 11.1 Å². The molecular weight excluding hydrogens is 238 g/mol. The molecule has 1 aromatic carbocycles. The van der Waals surface area contributed by atoms with Crippen LogP contribution in [0, 0.1) is 5.41 Å². The Hall–Kier alpha value is -1.19. The Morgan fingerprint density at radius 2 is 1.79 bits per heavy atom. The molecule has 0 saturated carbocycles. The highest BCUT2D eigenvalue weighted by Gasteiger charge is 2.34. The van der Waals surface area contributed by atoms with Gasteiger partial charge in [-0.3, -0.25) is 4.79 Å². The first-order chi connectivity index (χ1) is 9.14. The predicted octanol–water partition coefficient (Wildman–Crippen LogP) is 2.12. The zero-order valence-corrected chi connectivity index (χ0v) is 11.7. The van der Waals surface area contributed by atoms with Gasteiger partial charge in [-0.1, -0.05) is 31.2 Å². The molecule has 3 nitrogen and oxygen atoms in total. The second-order valence-electron chi connectivity index (χ2n) is 5.63. The van der Waals surface area contributed by atoms with Gasteiger partial charge in [0.05, 0.1) is 0 Å². The van der Waals surface area contributed by atoms with Crippen molar-refractivity contribution in [2.45, 2.75) is 32.6 Å². The van der Waals surface area contributed by atoms with Crippen molar-refractivity contribution in [1.82, 2.24) is 0 Å². The summed E-state index contributed by atoms with van der Waals surface area (Å²) in [5.41, 5.74) is 7.66. The number of hydrogen-bond acceptors (Lipinski definition) is 3. The lowest BCUT2D eigenvalue weighted by Crippen LogP contribution is -2.35. The molecule has 1 saturated heterocycles. The van der Waals surface area contributed by atoms with Gasteiger partial charge in [0.25, 0.3) is 0 Å². The molecular formula is C16H23NO2. The fourth-order valence-electron chi connectivity index (χ4n) is 2.49. The average molecular weight is 261 g/mol. The van der Waals surface area contributed by atoms with Crippen molar-refractivity contribution < 1.29 is 9.53 Å². The summed E-state index contributed by atoms with van der Waals surface area (Å²) >= 11 is 0. The molecule has 0 atom stereocenters. The van der Waals surface area contributed by atoms with E-state index in [9.17, 15) is 4.79 Å². The number of nitrogens with two attached hydrogens (primary N) is 1. The molecule has 0 spiro atoms. The van der Waals surface area contributed by atoms with Crippen LogP contribution < -0.4 is 5.73 Å². The maximum Gasteiger partial charge on any atom is 0.143 e. The highest BCUT2D eigenvalue weighted by atomic mass is 16.5. The van der Waals surface area contributed by atoms with Gasteiger partial charge in [0.15, 0.2) is 0 Å². The molecule has 1 heterocycles. The Bertz CT molecular complexity index is 419. The molecule has 19 heavy (non-hydrogen) atoms. The van der Waals surface area contributed by atoms with Gasteiger partial charge < -0.3 is 10.5 Å². The van der Waals surface area contributed by atoms with E-state index in [-0.39, 0.29) is 5.41 Å². The third-order valence-electron chi connectivity index (χ3n) is 4.09. The van der Waals surface area contributed by atoms with E-state index in [1.165, 1.54) is 5.56 Å². The van der Waals surface area contributed by atoms with Crippen LogP contribution in [0.2, 0.25) is 0 Å². The van der Waals surface area contributed by atoms with Crippen LogP contribution in [-0.4, -0.2) is 25.5 Å². The minimum absolute atomic E-state index is 0.200. The Kier molecular flexibility index (Phi) is 4.72. The zero-order valence-electron chi connectivity index (χ0n) is 11.7. The lowest BCUT2D eigenvalue weighted by Gasteiger charge is -2.32. The smallest absolute Gasteiger partial charge is 0.143 e. The van der Waals surface area contributed by atoms with Crippen LogP contribution >= 0.6 is 0 Å². The molecule has 0 aromatic heterocycles. The largest absolute Gasteiger partial charge is 0.381 e. The maximum absolute atomic E-state index is 12.4. The predicted molar refractivity (Wildman–Crippen MR) is 76.1 cm³/mol. The fourth-order valence-corrected chi connectivity index (χ4v) is 2.49. The molecule has 1 aromatic rings. The first-order valence-corrected chi connectivity index (χ1v) is 7.03. The molecule has 0 amide bonds. The Morgan fingerprint density at radius 1 is 1.21 bits per heavy atom. The van der Waals surface area contributed by atoms with Crippen LogP contribution in [0.1, 0.15) is 30.9 Å². The topological polar surface area (TPSA) is 52.3 Å². The van der Waals surface area contributed by atoms with E-state index in [1.807, 2.05) is 12.1 Å². The molecule has 0 unspecified atom stereocenters. The van der Waals surface area contributed by atoms with Crippen LogP contribution in [0.3, 0.4) is 0 Å². The number of Topliss-reactive ketones (excluding diaryl/α,β-unsaturated/α-hetero) is 1. The second-order valence-corrected chi connectivity index (χ2v) is 5.63. The van der Waals surface area contributed by atoms with Crippen LogP contribution in [0.4, 0.5) is 0 Å². The van der Waals surface area contributed by atoms with Crippen molar-refractivity contribution in [3.63, 3.8) is 0 Å². The number of ketones is 1. The van der Waals surface area contributed by atoms with E-state index >= 15 is 0 Å². The standard InChI is InChI=1S/C16H23NO2/c1-16(7-10-19-11-8-16)15(18)12-14-4-2-13(3-5-14)6-9-17/h2-5H,6-12,17H2,1H3. The van der Waals surface area contributed by atoms with Crippen LogP contribution in [0.15, 0.2) is 24.3 Å². The van der Waals surface area contributed by atoms with E-state index in [0.717, 1.165) is 24.8 Å². The fraction of sp³-hybridized carbons (Fsp3) is 0.562. The molecule has 0 aliphatic carbocycles. The highest BCUT2D eigenvalue weighted by Crippen LogP contribution is 2.31. The van der Waals surface area contributed by atoms with Gasteiger partial charge in [0.2, 0.25) is 0 Å². The number of hydrogen-bond donors (Lipinski definition) is 1. The normalized spacial score (nSPS) is 18.2. The maximum atomic E-state index is 12.4. The summed E-state index contributed by atoms with van der Waals surface area (Å²) < 4.78 is 5.34. The first kappa shape index (κ1) is 14.2. The number of benzene rings is 1. The lowest BCUT2D eigenvalue weighted by atomic mass is 9.76. The van der Waals surface area contributed by atoms with Gasteiger partial charge in [-0.2, -0.15) is 0 Å². The minimum atomic E-state index is -0.200. The number of rotatable bonds is 5. The van der Waals surface area contributed by atoms with E-state index in [2.05, 4.69) is 19.1 Å². The minimum Gasteiger partial charge on any atom is -0.381 e. The van der Waals surface area contributed by atoms with Crippen molar-refractivity contribution >= 4 is 5.78 Å². The third kappa shape index (κ3) is 3.64. The van der Waals surface area contributed by atoms with E-state index < -0.39 is 0 Å². The summed E-state index contributed by atoms with van der Waals surface area (Å²) in [5, 5.41) is 0. The molecule has 1 fully saturated rings. The average Bonchev–Trinajstić information content (AvgIpc) is 2.42. The monoisotopic (exact) mass is 261 g/mol. The van der Waals surface area contributed by atoms with E-state index in [0.29, 0.717) is 32.0 Å².